The lowest BCUT2D eigenvalue weighted by molar-refractivity contribution is -0.113. The first-order valence-corrected chi connectivity index (χ1v) is 11.2. The lowest BCUT2D eigenvalue weighted by Gasteiger charge is -2.14. The van der Waals surface area contributed by atoms with Gasteiger partial charge < -0.3 is 0 Å². The molecule has 3 aromatic carbocycles. The molecule has 6 heteroatoms. The van der Waals surface area contributed by atoms with Gasteiger partial charge in [0.2, 0.25) is 5.13 Å². The molecule has 0 radical (unpaired) electrons. The van der Waals surface area contributed by atoms with Gasteiger partial charge in [-0.05, 0) is 53.2 Å². The summed E-state index contributed by atoms with van der Waals surface area (Å²) in [4.78, 5) is 24.8. The van der Waals surface area contributed by atoms with E-state index in [9.17, 15) is 4.79 Å². The number of anilines is 1. The molecule has 1 saturated heterocycles. The van der Waals surface area contributed by atoms with Crippen molar-refractivity contribution < 1.29 is 4.79 Å². The van der Waals surface area contributed by atoms with Crippen molar-refractivity contribution in [3.05, 3.63) is 94.3 Å². The van der Waals surface area contributed by atoms with Crippen LogP contribution in [0.25, 0.3) is 16.8 Å². The average molecular weight is 428 g/mol. The Labute approximate surface area is 182 Å². The molecule has 0 N–H and O–H groups in total. The predicted octanol–water partition coefficient (Wildman–Crippen LogP) is 6.41. The minimum absolute atomic E-state index is 0.0776. The maximum atomic E-state index is 13.4. The molecule has 0 atom stereocenters. The highest BCUT2D eigenvalue weighted by Crippen LogP contribution is 2.38. The first kappa shape index (κ1) is 18.8. The van der Waals surface area contributed by atoms with Gasteiger partial charge in [0, 0.05) is 5.38 Å². The highest BCUT2D eigenvalue weighted by Gasteiger charge is 2.35. The van der Waals surface area contributed by atoms with Crippen LogP contribution in [0, 0.1) is 6.92 Å². The molecule has 1 amide bonds. The van der Waals surface area contributed by atoms with Crippen molar-refractivity contribution in [2.45, 2.75) is 6.92 Å². The lowest BCUT2D eigenvalue weighted by Crippen LogP contribution is -2.28. The molecular weight excluding hydrogens is 410 g/mol. The van der Waals surface area contributed by atoms with Crippen LogP contribution >= 0.6 is 23.1 Å². The maximum absolute atomic E-state index is 13.4. The third-order valence-corrected chi connectivity index (χ3v) is 6.55. The highest BCUT2D eigenvalue weighted by molar-refractivity contribution is 8.19. The van der Waals surface area contributed by atoms with Gasteiger partial charge in [0.05, 0.1) is 16.3 Å². The molecule has 0 aliphatic carbocycles. The van der Waals surface area contributed by atoms with E-state index in [-0.39, 0.29) is 5.91 Å². The molecule has 1 fully saturated rings. The Kier molecular flexibility index (Phi) is 4.94. The molecule has 0 spiro atoms. The van der Waals surface area contributed by atoms with Crippen molar-refractivity contribution in [1.82, 2.24) is 4.98 Å². The number of aliphatic imine (C=N–C) groups is 1. The number of carbonyl (C=O) groups excluding carboxylic acids is 1. The second kappa shape index (κ2) is 7.89. The zero-order chi connectivity index (χ0) is 20.5. The summed E-state index contributed by atoms with van der Waals surface area (Å²) in [6.07, 6.45) is 1.96. The van der Waals surface area contributed by atoms with Crippen LogP contribution in [0.5, 0.6) is 0 Å². The molecule has 1 aliphatic heterocycles. The maximum Gasteiger partial charge on any atom is 0.271 e. The molecule has 2 heterocycles. The third kappa shape index (κ3) is 3.56. The molecule has 5 rings (SSSR count). The quantitative estimate of drug-likeness (QED) is 0.355. The van der Waals surface area contributed by atoms with E-state index >= 15 is 0 Å². The van der Waals surface area contributed by atoms with Crippen LogP contribution in [0.1, 0.15) is 11.3 Å². The number of hydrogen-bond acceptors (Lipinski definition) is 5. The first-order valence-electron chi connectivity index (χ1n) is 9.47. The van der Waals surface area contributed by atoms with E-state index in [1.165, 1.54) is 23.1 Å². The average Bonchev–Trinajstić information content (AvgIpc) is 3.31. The normalized spacial score (nSPS) is 16.8. The monoisotopic (exact) mass is 427 g/mol. The molecule has 4 nitrogen and oxygen atoms in total. The zero-order valence-electron chi connectivity index (χ0n) is 16.1. The Balaban J connectivity index is 1.61. The Morgan fingerprint density at radius 1 is 0.967 bits per heavy atom. The summed E-state index contributed by atoms with van der Waals surface area (Å²) in [5.41, 5.74) is 2.73. The van der Waals surface area contributed by atoms with Crippen LogP contribution in [0.3, 0.4) is 0 Å². The van der Waals surface area contributed by atoms with Gasteiger partial charge in [0.1, 0.15) is 0 Å². The second-order valence-corrected chi connectivity index (χ2v) is 8.67. The van der Waals surface area contributed by atoms with Gasteiger partial charge in [-0.15, -0.1) is 11.3 Å². The number of amidine groups is 1. The van der Waals surface area contributed by atoms with E-state index in [0.29, 0.717) is 15.2 Å². The number of hydrogen-bond donors (Lipinski definition) is 0. The van der Waals surface area contributed by atoms with Crippen LogP contribution in [-0.2, 0) is 4.79 Å². The number of thiazole rings is 1. The fourth-order valence-corrected chi connectivity index (χ4v) is 5.04. The number of rotatable bonds is 3. The second-order valence-electron chi connectivity index (χ2n) is 6.82. The van der Waals surface area contributed by atoms with Crippen molar-refractivity contribution in [3.63, 3.8) is 0 Å². The third-order valence-electron chi connectivity index (χ3n) is 4.73. The number of carbonyl (C=O) groups is 1. The van der Waals surface area contributed by atoms with Gasteiger partial charge >= 0.3 is 0 Å². The lowest BCUT2D eigenvalue weighted by atomic mass is 10.0. The standard InChI is InChI=1S/C24H17N3OS2/c1-16-15-29-23(25-16)26-24-27(19-11-3-2-4-12-19)22(28)21(30-24)14-18-10-7-9-17-8-5-6-13-20(17)18/h2-15H,1H3/b21-14-,26-24+. The minimum atomic E-state index is -0.0776. The summed E-state index contributed by atoms with van der Waals surface area (Å²) in [6.45, 7) is 1.94. The topological polar surface area (TPSA) is 45.6 Å². The number of amides is 1. The van der Waals surface area contributed by atoms with Gasteiger partial charge in [-0.2, -0.15) is 4.99 Å². The number of fused-ring (bicyclic) bond motifs is 1. The largest absolute Gasteiger partial charge is 0.271 e. The van der Waals surface area contributed by atoms with Crippen molar-refractivity contribution in [1.29, 1.82) is 0 Å². The smallest absolute Gasteiger partial charge is 0.268 e. The Morgan fingerprint density at radius 3 is 2.53 bits per heavy atom. The van der Waals surface area contributed by atoms with E-state index in [2.05, 4.69) is 23.2 Å². The molecule has 30 heavy (non-hydrogen) atoms. The summed E-state index contributed by atoms with van der Waals surface area (Å²) in [5.74, 6) is -0.0776. The summed E-state index contributed by atoms with van der Waals surface area (Å²) in [6, 6.07) is 23.9. The number of aryl methyl sites for hydroxylation is 1. The SMILES string of the molecule is Cc1csc(/N=C2/S/C(=C\c3cccc4ccccc34)C(=O)N2c2ccccc2)n1. The van der Waals surface area contributed by atoms with Gasteiger partial charge in [0.25, 0.3) is 5.91 Å². The number of nitrogens with zero attached hydrogens (tertiary/aromatic N) is 3. The van der Waals surface area contributed by atoms with Gasteiger partial charge in [-0.1, -0.05) is 60.7 Å². The fourth-order valence-electron chi connectivity index (χ4n) is 3.35. The Morgan fingerprint density at radius 2 is 1.73 bits per heavy atom. The van der Waals surface area contributed by atoms with Crippen LogP contribution in [0.4, 0.5) is 10.8 Å². The van der Waals surface area contributed by atoms with E-state index < -0.39 is 0 Å². The van der Waals surface area contributed by atoms with E-state index in [1.54, 1.807) is 4.90 Å². The van der Waals surface area contributed by atoms with Crippen molar-refractivity contribution >= 4 is 61.8 Å². The van der Waals surface area contributed by atoms with Gasteiger partial charge in [-0.3, -0.25) is 9.69 Å². The predicted molar refractivity (Wildman–Crippen MR) is 127 cm³/mol. The fraction of sp³-hybridized carbons (Fsp3) is 0.0417. The van der Waals surface area contributed by atoms with Crippen molar-refractivity contribution in [2.24, 2.45) is 4.99 Å². The van der Waals surface area contributed by atoms with E-state index in [1.807, 2.05) is 73.0 Å². The van der Waals surface area contributed by atoms with Crippen LogP contribution in [0.2, 0.25) is 0 Å². The first-order chi connectivity index (χ1) is 14.7. The molecule has 1 aliphatic rings. The molecule has 146 valence electrons. The van der Waals surface area contributed by atoms with Crippen molar-refractivity contribution in [3.8, 4) is 0 Å². The Bertz CT molecular complexity index is 1300. The number of aromatic nitrogens is 1. The van der Waals surface area contributed by atoms with Crippen molar-refractivity contribution in [2.75, 3.05) is 4.90 Å². The van der Waals surface area contributed by atoms with Gasteiger partial charge in [0.15, 0.2) is 5.17 Å². The molecule has 0 saturated carbocycles. The van der Waals surface area contributed by atoms with Crippen LogP contribution in [0.15, 0.2) is 88.1 Å². The highest BCUT2D eigenvalue weighted by atomic mass is 32.2. The number of para-hydroxylation sites is 1. The summed E-state index contributed by atoms with van der Waals surface area (Å²) in [7, 11) is 0. The molecular formula is C24H17N3OS2. The molecule has 4 aromatic rings. The molecule has 0 bridgehead atoms. The summed E-state index contributed by atoms with van der Waals surface area (Å²) < 4.78 is 0. The van der Waals surface area contributed by atoms with E-state index in [0.717, 1.165) is 27.7 Å². The summed E-state index contributed by atoms with van der Waals surface area (Å²) >= 11 is 2.86. The van der Waals surface area contributed by atoms with Gasteiger partial charge in [-0.25, -0.2) is 4.98 Å². The Hall–Kier alpha value is -3.22. The van der Waals surface area contributed by atoms with Crippen LogP contribution < -0.4 is 4.90 Å². The van der Waals surface area contributed by atoms with E-state index in [4.69, 9.17) is 4.99 Å². The summed E-state index contributed by atoms with van der Waals surface area (Å²) in [5, 5.41) is 5.49. The molecule has 0 unspecified atom stereocenters. The minimum Gasteiger partial charge on any atom is -0.268 e. The number of thioether (sulfide) groups is 1. The number of benzene rings is 3. The zero-order valence-corrected chi connectivity index (χ0v) is 17.8. The van der Waals surface area contributed by atoms with Crippen LogP contribution in [-0.4, -0.2) is 16.1 Å². The molecule has 1 aromatic heterocycles.